The fourth-order valence-corrected chi connectivity index (χ4v) is 4.12. The van der Waals surface area contributed by atoms with Crippen LogP contribution in [0.15, 0.2) is 54.0 Å². The normalized spacial score (nSPS) is 16.4. The Morgan fingerprint density at radius 3 is 2.45 bits per heavy atom. The summed E-state index contributed by atoms with van der Waals surface area (Å²) in [5.41, 5.74) is 2.54. The van der Waals surface area contributed by atoms with Gasteiger partial charge in [0.15, 0.2) is 0 Å². The molecule has 1 aliphatic heterocycles. The van der Waals surface area contributed by atoms with Crippen LogP contribution in [0.4, 0.5) is 28.0 Å². The van der Waals surface area contributed by atoms with E-state index in [9.17, 15) is 22.4 Å². The number of hydrogen-bond donors (Lipinski definition) is 1. The number of urea groups is 1. The largest absolute Gasteiger partial charge is 0.416 e. The Morgan fingerprint density at radius 1 is 1.10 bits per heavy atom. The number of carbonyl (C=O) groups excluding carboxylic acids is 1. The van der Waals surface area contributed by atoms with Crippen molar-refractivity contribution in [2.24, 2.45) is 0 Å². The van der Waals surface area contributed by atoms with Gasteiger partial charge in [-0.05, 0) is 42.0 Å². The molecule has 1 aromatic heterocycles. The van der Waals surface area contributed by atoms with Crippen molar-refractivity contribution < 1.29 is 22.4 Å². The van der Waals surface area contributed by atoms with Gasteiger partial charge in [0.25, 0.3) is 0 Å². The van der Waals surface area contributed by atoms with Crippen LogP contribution in [0.25, 0.3) is 0 Å². The van der Waals surface area contributed by atoms with Gasteiger partial charge in [0, 0.05) is 23.5 Å². The van der Waals surface area contributed by atoms with Crippen molar-refractivity contribution >= 4 is 23.1 Å². The number of nitrogens with one attached hydrogen (secondary N) is 1. The first-order valence-corrected chi connectivity index (χ1v) is 9.63. The van der Waals surface area contributed by atoms with Crippen LogP contribution in [0.1, 0.15) is 27.7 Å². The van der Waals surface area contributed by atoms with Crippen LogP contribution in [0.2, 0.25) is 0 Å². The van der Waals surface area contributed by atoms with E-state index in [0.29, 0.717) is 29.9 Å². The van der Waals surface area contributed by atoms with Gasteiger partial charge < -0.3 is 10.2 Å². The predicted octanol–water partition coefficient (Wildman–Crippen LogP) is 5.48. The maximum absolute atomic E-state index is 13.1. The first-order chi connectivity index (χ1) is 13.8. The Morgan fingerprint density at radius 2 is 1.79 bits per heavy atom. The Kier molecular flexibility index (Phi) is 4.99. The molecule has 0 saturated carbocycles. The minimum absolute atomic E-state index is 0.383. The van der Waals surface area contributed by atoms with E-state index in [-0.39, 0.29) is 0 Å². The summed E-state index contributed by atoms with van der Waals surface area (Å²) in [5, 5.41) is 2.71. The lowest BCUT2D eigenvalue weighted by Gasteiger charge is -2.35. The van der Waals surface area contributed by atoms with Gasteiger partial charge in [0.05, 0.1) is 16.8 Å². The molecule has 9 heteroatoms. The number of carbonyl (C=O) groups is 1. The molecule has 0 spiro atoms. The van der Waals surface area contributed by atoms with Crippen molar-refractivity contribution in [3.8, 4) is 0 Å². The van der Waals surface area contributed by atoms with Crippen LogP contribution in [-0.4, -0.2) is 22.5 Å². The Labute approximate surface area is 167 Å². The molecule has 1 atom stereocenters. The SMILES string of the molecule is O=C(Nc1ccc(F)cc1)N1CCc2scnc2C1c1ccc(C(F)(F)F)cc1. The van der Waals surface area contributed by atoms with E-state index in [0.717, 1.165) is 17.0 Å². The van der Waals surface area contributed by atoms with Crippen LogP contribution < -0.4 is 5.32 Å². The molecule has 4 rings (SSSR count). The zero-order valence-electron chi connectivity index (χ0n) is 14.9. The van der Waals surface area contributed by atoms with Crippen molar-refractivity contribution in [3.63, 3.8) is 0 Å². The van der Waals surface area contributed by atoms with Gasteiger partial charge >= 0.3 is 12.2 Å². The molecule has 1 aliphatic rings. The molecule has 29 heavy (non-hydrogen) atoms. The monoisotopic (exact) mass is 421 g/mol. The summed E-state index contributed by atoms with van der Waals surface area (Å²) < 4.78 is 51.8. The molecule has 2 heterocycles. The molecule has 1 N–H and O–H groups in total. The number of amides is 2. The van der Waals surface area contributed by atoms with Gasteiger partial charge in [-0.25, -0.2) is 14.2 Å². The second-order valence-electron chi connectivity index (χ2n) is 6.56. The highest BCUT2D eigenvalue weighted by Crippen LogP contribution is 2.38. The smallest absolute Gasteiger partial charge is 0.311 e. The maximum atomic E-state index is 13.1. The Balaban J connectivity index is 1.66. The van der Waals surface area contributed by atoms with E-state index in [1.54, 1.807) is 5.51 Å². The minimum Gasteiger partial charge on any atom is -0.311 e. The predicted molar refractivity (Wildman–Crippen MR) is 101 cm³/mol. The Bertz CT molecular complexity index is 1020. The highest BCUT2D eigenvalue weighted by Gasteiger charge is 2.35. The van der Waals surface area contributed by atoms with Crippen molar-refractivity contribution in [1.82, 2.24) is 9.88 Å². The second kappa shape index (κ2) is 7.47. The van der Waals surface area contributed by atoms with Crippen molar-refractivity contribution in [2.75, 3.05) is 11.9 Å². The lowest BCUT2D eigenvalue weighted by atomic mass is 9.96. The third-order valence-electron chi connectivity index (χ3n) is 4.73. The molecule has 0 saturated heterocycles. The molecule has 150 valence electrons. The molecule has 0 fully saturated rings. The second-order valence-corrected chi connectivity index (χ2v) is 7.50. The average Bonchev–Trinajstić information content (AvgIpc) is 3.17. The number of hydrogen-bond acceptors (Lipinski definition) is 3. The highest BCUT2D eigenvalue weighted by molar-refractivity contribution is 7.09. The summed E-state index contributed by atoms with van der Waals surface area (Å²) in [6.07, 6.45) is -3.83. The number of alkyl halides is 3. The number of halogens is 4. The summed E-state index contributed by atoms with van der Waals surface area (Å²) in [7, 11) is 0. The zero-order valence-corrected chi connectivity index (χ0v) is 15.7. The molecular formula is C20H15F4N3OS. The van der Waals surface area contributed by atoms with Crippen LogP contribution in [0.5, 0.6) is 0 Å². The van der Waals surface area contributed by atoms with E-state index >= 15 is 0 Å². The summed E-state index contributed by atoms with van der Waals surface area (Å²) in [5.74, 6) is -0.421. The lowest BCUT2D eigenvalue weighted by Crippen LogP contribution is -2.42. The third kappa shape index (κ3) is 3.95. The molecular weight excluding hydrogens is 406 g/mol. The summed E-state index contributed by atoms with van der Waals surface area (Å²) in [6.45, 7) is 0.383. The number of fused-ring (bicyclic) bond motifs is 1. The van der Waals surface area contributed by atoms with Crippen molar-refractivity contribution in [1.29, 1.82) is 0 Å². The molecule has 3 aromatic rings. The minimum atomic E-state index is -4.43. The van der Waals surface area contributed by atoms with Gasteiger partial charge in [-0.2, -0.15) is 13.2 Å². The molecule has 0 bridgehead atoms. The Hall–Kier alpha value is -2.94. The van der Waals surface area contributed by atoms with Crippen LogP contribution in [-0.2, 0) is 12.6 Å². The van der Waals surface area contributed by atoms with E-state index < -0.39 is 29.6 Å². The van der Waals surface area contributed by atoms with Gasteiger partial charge in [0.2, 0.25) is 0 Å². The first-order valence-electron chi connectivity index (χ1n) is 8.75. The van der Waals surface area contributed by atoms with E-state index in [4.69, 9.17) is 0 Å². The standard InChI is InChI=1S/C20H15F4N3OS/c21-14-5-7-15(8-6-14)26-19(28)27-10-9-16-17(25-11-29-16)18(27)12-1-3-13(4-2-12)20(22,23)24/h1-8,11,18H,9-10H2,(H,26,28). The summed E-state index contributed by atoms with van der Waals surface area (Å²) >= 11 is 1.46. The number of thiazole rings is 1. The number of benzene rings is 2. The van der Waals surface area contributed by atoms with Crippen LogP contribution in [0.3, 0.4) is 0 Å². The zero-order chi connectivity index (χ0) is 20.6. The average molecular weight is 421 g/mol. The molecule has 2 amide bonds. The van der Waals surface area contributed by atoms with Gasteiger partial charge in [-0.1, -0.05) is 12.1 Å². The van der Waals surface area contributed by atoms with Gasteiger partial charge in [-0.3, -0.25) is 0 Å². The van der Waals surface area contributed by atoms with E-state index in [2.05, 4.69) is 10.3 Å². The number of nitrogens with zero attached hydrogens (tertiary/aromatic N) is 2. The van der Waals surface area contributed by atoms with E-state index in [1.165, 1.54) is 52.6 Å². The molecule has 2 aromatic carbocycles. The number of aromatic nitrogens is 1. The summed E-state index contributed by atoms with van der Waals surface area (Å²) in [6, 6.07) is 9.08. The molecule has 0 aliphatic carbocycles. The third-order valence-corrected chi connectivity index (χ3v) is 5.64. The van der Waals surface area contributed by atoms with Gasteiger partial charge in [-0.15, -0.1) is 11.3 Å². The van der Waals surface area contributed by atoms with E-state index in [1.807, 2.05) is 0 Å². The van der Waals surface area contributed by atoms with Crippen molar-refractivity contribution in [3.05, 3.63) is 81.6 Å². The number of anilines is 1. The maximum Gasteiger partial charge on any atom is 0.416 e. The summed E-state index contributed by atoms with van der Waals surface area (Å²) in [4.78, 5) is 19.8. The topological polar surface area (TPSA) is 45.2 Å². The molecule has 4 nitrogen and oxygen atoms in total. The van der Waals surface area contributed by atoms with Crippen LogP contribution >= 0.6 is 11.3 Å². The fourth-order valence-electron chi connectivity index (χ4n) is 3.33. The quantitative estimate of drug-likeness (QED) is 0.557. The number of rotatable bonds is 2. The first kappa shape index (κ1) is 19.4. The lowest BCUT2D eigenvalue weighted by molar-refractivity contribution is -0.137. The van der Waals surface area contributed by atoms with Crippen LogP contribution in [0, 0.1) is 5.82 Å². The fraction of sp³-hybridized carbons (Fsp3) is 0.200. The molecule has 1 unspecified atom stereocenters. The van der Waals surface area contributed by atoms with Crippen molar-refractivity contribution in [2.45, 2.75) is 18.6 Å². The van der Waals surface area contributed by atoms with Gasteiger partial charge in [0.1, 0.15) is 11.9 Å². The highest BCUT2D eigenvalue weighted by atomic mass is 32.1. The molecule has 0 radical (unpaired) electrons.